The molecular formula is C26H34. The van der Waals surface area contributed by atoms with Gasteiger partial charge in [-0.3, -0.25) is 0 Å². The Morgan fingerprint density at radius 1 is 0.577 bits per heavy atom. The second kappa shape index (κ2) is 7.99. The molecule has 0 heteroatoms. The normalized spacial score (nSPS) is 29.5. The van der Waals surface area contributed by atoms with Crippen molar-refractivity contribution in [2.45, 2.75) is 71.1 Å². The van der Waals surface area contributed by atoms with Gasteiger partial charge in [-0.1, -0.05) is 73.9 Å². The first-order valence-electron chi connectivity index (χ1n) is 10.9. The third-order valence-electron chi connectivity index (χ3n) is 7.27. The van der Waals surface area contributed by atoms with Crippen molar-refractivity contribution < 1.29 is 0 Å². The molecule has 138 valence electrons. The summed E-state index contributed by atoms with van der Waals surface area (Å²) in [5, 5.41) is 0. The number of rotatable bonds is 3. The highest BCUT2D eigenvalue weighted by molar-refractivity contribution is 5.64. The van der Waals surface area contributed by atoms with E-state index >= 15 is 0 Å². The van der Waals surface area contributed by atoms with Crippen LogP contribution in [-0.2, 0) is 0 Å². The number of aryl methyl sites for hydroxylation is 1. The lowest BCUT2D eigenvalue weighted by Crippen LogP contribution is -2.24. The minimum atomic E-state index is 0.792. The van der Waals surface area contributed by atoms with E-state index in [4.69, 9.17) is 0 Å². The first kappa shape index (κ1) is 17.8. The van der Waals surface area contributed by atoms with E-state index in [9.17, 15) is 0 Å². The molecule has 26 heavy (non-hydrogen) atoms. The molecule has 0 aromatic heterocycles. The van der Waals surface area contributed by atoms with Crippen molar-refractivity contribution in [3.05, 3.63) is 59.7 Å². The van der Waals surface area contributed by atoms with Gasteiger partial charge in [0, 0.05) is 0 Å². The first-order valence-corrected chi connectivity index (χ1v) is 10.9. The summed E-state index contributed by atoms with van der Waals surface area (Å²) in [5.74, 6) is 3.83. The van der Waals surface area contributed by atoms with Crippen LogP contribution in [0.5, 0.6) is 0 Å². The van der Waals surface area contributed by atoms with Gasteiger partial charge in [0.05, 0.1) is 0 Å². The Bertz CT molecular complexity index is 678. The molecule has 2 saturated carbocycles. The monoisotopic (exact) mass is 346 g/mol. The molecule has 0 amide bonds. The molecule has 2 aliphatic rings. The van der Waals surface area contributed by atoms with Crippen molar-refractivity contribution in [2.24, 2.45) is 17.8 Å². The Labute approximate surface area is 160 Å². The quantitative estimate of drug-likeness (QED) is 0.532. The van der Waals surface area contributed by atoms with Crippen LogP contribution in [0.4, 0.5) is 0 Å². The minimum Gasteiger partial charge on any atom is -0.0625 e. The number of hydrogen-bond acceptors (Lipinski definition) is 0. The third-order valence-corrected chi connectivity index (χ3v) is 7.27. The summed E-state index contributed by atoms with van der Waals surface area (Å²) in [7, 11) is 0. The zero-order valence-corrected chi connectivity index (χ0v) is 16.6. The fourth-order valence-corrected chi connectivity index (χ4v) is 5.37. The highest BCUT2D eigenvalue weighted by Gasteiger charge is 2.30. The molecule has 0 bridgehead atoms. The molecule has 0 atom stereocenters. The van der Waals surface area contributed by atoms with Crippen LogP contribution >= 0.6 is 0 Å². The van der Waals surface area contributed by atoms with Gasteiger partial charge in [-0.25, -0.2) is 0 Å². The molecule has 0 aliphatic heterocycles. The second-order valence-electron chi connectivity index (χ2n) is 9.12. The minimum absolute atomic E-state index is 0.792. The van der Waals surface area contributed by atoms with E-state index in [1.54, 1.807) is 5.56 Å². The standard InChI is InChI=1S/C26H34/c1-19-3-7-21(8-4-19)23-11-15-25(16-12-23)26-17-13-24(14-18-26)22-9-5-20(2)6-10-22/h3-4,7-8,11-12,15-16,20,22,24,26H,5-6,9-10,13-14,17-18H2,1-2H3. The Hall–Kier alpha value is -1.56. The van der Waals surface area contributed by atoms with Gasteiger partial charge in [0.25, 0.3) is 0 Å². The summed E-state index contributed by atoms with van der Waals surface area (Å²) >= 11 is 0. The van der Waals surface area contributed by atoms with Gasteiger partial charge >= 0.3 is 0 Å². The van der Waals surface area contributed by atoms with E-state index in [0.717, 1.165) is 23.7 Å². The lowest BCUT2D eigenvalue weighted by molar-refractivity contribution is 0.165. The van der Waals surface area contributed by atoms with E-state index < -0.39 is 0 Å². The zero-order chi connectivity index (χ0) is 17.9. The van der Waals surface area contributed by atoms with Gasteiger partial charge in [-0.05, 0) is 85.8 Å². The van der Waals surface area contributed by atoms with Crippen LogP contribution in [0.2, 0.25) is 0 Å². The fraction of sp³-hybridized carbons (Fsp3) is 0.538. The summed E-state index contributed by atoms with van der Waals surface area (Å²) in [6.45, 7) is 4.59. The van der Waals surface area contributed by atoms with Gasteiger partial charge in [0.15, 0.2) is 0 Å². The van der Waals surface area contributed by atoms with Crippen molar-refractivity contribution in [3.8, 4) is 11.1 Å². The topological polar surface area (TPSA) is 0 Å². The number of benzene rings is 2. The average molecular weight is 347 g/mol. The van der Waals surface area contributed by atoms with Crippen molar-refractivity contribution >= 4 is 0 Å². The Morgan fingerprint density at radius 2 is 1.04 bits per heavy atom. The van der Waals surface area contributed by atoms with E-state index in [2.05, 4.69) is 62.4 Å². The highest BCUT2D eigenvalue weighted by Crippen LogP contribution is 2.43. The van der Waals surface area contributed by atoms with Crippen LogP contribution in [0, 0.1) is 24.7 Å². The molecule has 4 rings (SSSR count). The van der Waals surface area contributed by atoms with Crippen LogP contribution < -0.4 is 0 Å². The maximum atomic E-state index is 2.44. The molecule has 0 N–H and O–H groups in total. The predicted molar refractivity (Wildman–Crippen MR) is 112 cm³/mol. The van der Waals surface area contributed by atoms with Crippen molar-refractivity contribution in [3.63, 3.8) is 0 Å². The van der Waals surface area contributed by atoms with Gasteiger partial charge in [-0.2, -0.15) is 0 Å². The van der Waals surface area contributed by atoms with E-state index in [1.165, 1.54) is 68.1 Å². The van der Waals surface area contributed by atoms with E-state index in [-0.39, 0.29) is 0 Å². The fourth-order valence-electron chi connectivity index (χ4n) is 5.37. The maximum absolute atomic E-state index is 2.44. The van der Waals surface area contributed by atoms with Gasteiger partial charge in [0.1, 0.15) is 0 Å². The third kappa shape index (κ3) is 4.05. The molecule has 2 aliphatic carbocycles. The lowest BCUT2D eigenvalue weighted by atomic mass is 9.68. The largest absolute Gasteiger partial charge is 0.0625 e. The molecule has 0 radical (unpaired) electrons. The molecule has 0 heterocycles. The average Bonchev–Trinajstić information content (AvgIpc) is 2.70. The van der Waals surface area contributed by atoms with Crippen LogP contribution in [0.15, 0.2) is 48.5 Å². The first-order chi connectivity index (χ1) is 12.7. The smallest absolute Gasteiger partial charge is 0.0162 e. The second-order valence-corrected chi connectivity index (χ2v) is 9.12. The van der Waals surface area contributed by atoms with E-state index in [1.807, 2.05) is 0 Å². The summed E-state index contributed by atoms with van der Waals surface area (Å²) < 4.78 is 0. The van der Waals surface area contributed by atoms with Crippen molar-refractivity contribution in [1.82, 2.24) is 0 Å². The maximum Gasteiger partial charge on any atom is -0.0162 e. The lowest BCUT2D eigenvalue weighted by Gasteiger charge is -2.37. The summed E-state index contributed by atoms with van der Waals surface area (Å²) in [6, 6.07) is 18.3. The summed E-state index contributed by atoms with van der Waals surface area (Å²) in [4.78, 5) is 0. The Morgan fingerprint density at radius 3 is 1.58 bits per heavy atom. The Kier molecular flexibility index (Phi) is 5.48. The van der Waals surface area contributed by atoms with Gasteiger partial charge in [-0.15, -0.1) is 0 Å². The zero-order valence-electron chi connectivity index (χ0n) is 16.6. The van der Waals surface area contributed by atoms with Crippen LogP contribution in [0.25, 0.3) is 11.1 Å². The number of hydrogen-bond donors (Lipinski definition) is 0. The summed E-state index contributed by atoms with van der Waals surface area (Å²) in [5.41, 5.74) is 5.57. The molecular weight excluding hydrogens is 312 g/mol. The Balaban J connectivity index is 1.35. The summed E-state index contributed by atoms with van der Waals surface area (Å²) in [6.07, 6.45) is 11.7. The van der Waals surface area contributed by atoms with Crippen LogP contribution in [-0.4, -0.2) is 0 Å². The molecule has 0 nitrogen and oxygen atoms in total. The molecule has 2 aromatic rings. The molecule has 2 aromatic carbocycles. The highest BCUT2D eigenvalue weighted by atomic mass is 14.4. The van der Waals surface area contributed by atoms with Gasteiger partial charge in [0.2, 0.25) is 0 Å². The predicted octanol–water partition coefficient (Wildman–Crippen LogP) is 7.76. The molecule has 0 saturated heterocycles. The van der Waals surface area contributed by atoms with E-state index in [0.29, 0.717) is 0 Å². The molecule has 2 fully saturated rings. The molecule has 0 spiro atoms. The molecule has 0 unspecified atom stereocenters. The SMILES string of the molecule is Cc1ccc(-c2ccc(C3CCC(C4CCC(C)CC4)CC3)cc2)cc1. The van der Waals surface area contributed by atoms with Crippen molar-refractivity contribution in [1.29, 1.82) is 0 Å². The van der Waals surface area contributed by atoms with Crippen LogP contribution in [0.1, 0.15) is 75.3 Å². The van der Waals surface area contributed by atoms with Crippen molar-refractivity contribution in [2.75, 3.05) is 0 Å². The van der Waals surface area contributed by atoms with Crippen LogP contribution in [0.3, 0.4) is 0 Å². The van der Waals surface area contributed by atoms with Gasteiger partial charge < -0.3 is 0 Å².